The average Bonchev–Trinajstić information content (AvgIpc) is 2.61. The number of hydrogen-bond acceptors (Lipinski definition) is 5. The molecule has 0 radical (unpaired) electrons. The van der Waals surface area contributed by atoms with Gasteiger partial charge in [0.15, 0.2) is 11.5 Å². The van der Waals surface area contributed by atoms with Crippen molar-refractivity contribution in [2.24, 2.45) is 0 Å². The molecule has 0 saturated heterocycles. The van der Waals surface area contributed by atoms with Crippen molar-refractivity contribution in [3.8, 4) is 23.0 Å². The summed E-state index contributed by atoms with van der Waals surface area (Å²) in [5.41, 5.74) is 1.39. The minimum Gasteiger partial charge on any atom is -0.504 e. The van der Waals surface area contributed by atoms with Crippen molar-refractivity contribution in [1.82, 2.24) is 0 Å². The Balaban J connectivity index is 2.41. The highest BCUT2D eigenvalue weighted by atomic mass is 16.5. The number of hydrogen-bond donors (Lipinski definition) is 3. The van der Waals surface area contributed by atoms with Crippen molar-refractivity contribution in [2.45, 2.75) is 71.1 Å². The Bertz CT molecular complexity index is 514. The van der Waals surface area contributed by atoms with Crippen LogP contribution in [0.25, 0.3) is 0 Å². The molecule has 3 N–H and O–H groups in total. The minimum atomic E-state index is 0.0371. The van der Waals surface area contributed by atoms with Gasteiger partial charge in [0, 0.05) is 17.7 Å². The van der Waals surface area contributed by atoms with Gasteiger partial charge in [-0.2, -0.15) is 0 Å². The predicted molar refractivity (Wildman–Crippen MR) is 100.0 cm³/mol. The van der Waals surface area contributed by atoms with E-state index in [0.29, 0.717) is 18.6 Å². The van der Waals surface area contributed by atoms with Crippen molar-refractivity contribution in [2.75, 3.05) is 20.8 Å². The van der Waals surface area contributed by atoms with Gasteiger partial charge in [-0.25, -0.2) is 0 Å². The van der Waals surface area contributed by atoms with Gasteiger partial charge in [0.25, 0.3) is 0 Å². The van der Waals surface area contributed by atoms with E-state index in [9.17, 15) is 10.2 Å². The van der Waals surface area contributed by atoms with Gasteiger partial charge in [0.1, 0.15) is 0 Å². The zero-order chi connectivity index (χ0) is 18.7. The molecule has 0 aliphatic carbocycles. The molecule has 144 valence electrons. The van der Waals surface area contributed by atoms with Gasteiger partial charge in [-0.15, -0.1) is 0 Å². The number of aliphatic hydroxyl groups is 1. The third kappa shape index (κ3) is 6.31. The number of phenolic OH excluding ortho intramolecular Hbond substituents is 2. The van der Waals surface area contributed by atoms with E-state index >= 15 is 0 Å². The molecule has 0 spiro atoms. The fraction of sp³-hybridized carbons (Fsp3) is 0.700. The Kier molecular flexibility index (Phi) is 10.2. The maximum atomic E-state index is 10.4. The lowest BCUT2D eigenvalue weighted by Crippen LogP contribution is -1.99. The molecule has 0 unspecified atom stereocenters. The summed E-state index contributed by atoms with van der Waals surface area (Å²) in [4.78, 5) is 0. The first-order chi connectivity index (χ1) is 12.1. The molecule has 5 heteroatoms. The van der Waals surface area contributed by atoms with Crippen molar-refractivity contribution in [3.05, 3.63) is 11.1 Å². The summed E-state index contributed by atoms with van der Waals surface area (Å²) >= 11 is 0. The lowest BCUT2D eigenvalue weighted by Gasteiger charge is -2.17. The van der Waals surface area contributed by atoms with Crippen LogP contribution in [-0.4, -0.2) is 36.1 Å². The quantitative estimate of drug-likeness (QED) is 0.360. The number of rotatable bonds is 13. The van der Waals surface area contributed by atoms with E-state index in [2.05, 4.69) is 0 Å². The molecule has 1 aromatic rings. The molecule has 0 aromatic heterocycles. The molecule has 0 bridgehead atoms. The Morgan fingerprint density at radius 1 is 0.680 bits per heavy atom. The molecule has 0 atom stereocenters. The minimum absolute atomic E-state index is 0.0371. The van der Waals surface area contributed by atoms with Gasteiger partial charge in [-0.1, -0.05) is 44.9 Å². The number of unbranched alkanes of at least 4 members (excludes halogenated alkanes) is 8. The Hall–Kier alpha value is -1.62. The van der Waals surface area contributed by atoms with Crippen molar-refractivity contribution in [3.63, 3.8) is 0 Å². The number of methoxy groups -OCH3 is 2. The second kappa shape index (κ2) is 11.9. The second-order valence-corrected chi connectivity index (χ2v) is 6.52. The van der Waals surface area contributed by atoms with E-state index < -0.39 is 0 Å². The number of benzene rings is 1. The Morgan fingerprint density at radius 2 is 1.12 bits per heavy atom. The number of phenols is 2. The summed E-state index contributed by atoms with van der Waals surface area (Å²) in [6.07, 6.45) is 10.9. The fourth-order valence-electron chi connectivity index (χ4n) is 3.18. The molecular weight excluding hydrogens is 320 g/mol. The topological polar surface area (TPSA) is 79.2 Å². The predicted octanol–water partition coefficient (Wildman–Crippen LogP) is 4.47. The molecule has 25 heavy (non-hydrogen) atoms. The third-order valence-electron chi connectivity index (χ3n) is 4.72. The molecule has 0 saturated carbocycles. The smallest absolute Gasteiger partial charge is 0.207 e. The van der Waals surface area contributed by atoms with Gasteiger partial charge >= 0.3 is 0 Å². The maximum Gasteiger partial charge on any atom is 0.207 e. The van der Waals surface area contributed by atoms with E-state index in [-0.39, 0.29) is 23.0 Å². The first-order valence-corrected chi connectivity index (χ1v) is 9.34. The van der Waals surface area contributed by atoms with Crippen molar-refractivity contribution >= 4 is 0 Å². The maximum absolute atomic E-state index is 10.4. The first kappa shape index (κ1) is 21.4. The zero-order valence-corrected chi connectivity index (χ0v) is 15.9. The average molecular weight is 354 g/mol. The van der Waals surface area contributed by atoms with E-state index in [1.165, 1.54) is 46.3 Å². The molecule has 5 nitrogen and oxygen atoms in total. The molecular formula is C20H34O5. The highest BCUT2D eigenvalue weighted by molar-refractivity contribution is 5.65. The summed E-state index contributed by atoms with van der Waals surface area (Å²) in [7, 11) is 2.90. The van der Waals surface area contributed by atoms with Gasteiger partial charge < -0.3 is 24.8 Å². The molecule has 0 aliphatic rings. The number of ether oxygens (including phenoxy) is 2. The van der Waals surface area contributed by atoms with Crippen LogP contribution in [0.2, 0.25) is 0 Å². The molecule has 0 amide bonds. The van der Waals surface area contributed by atoms with Crippen LogP contribution in [0.4, 0.5) is 0 Å². The zero-order valence-electron chi connectivity index (χ0n) is 15.9. The summed E-state index contributed by atoms with van der Waals surface area (Å²) in [5, 5.41) is 29.4. The summed E-state index contributed by atoms with van der Waals surface area (Å²) in [6, 6.07) is 0. The monoisotopic (exact) mass is 354 g/mol. The molecule has 0 fully saturated rings. The van der Waals surface area contributed by atoms with Crippen molar-refractivity contribution < 1.29 is 24.8 Å². The van der Waals surface area contributed by atoms with Crippen molar-refractivity contribution in [1.29, 1.82) is 0 Å². The van der Waals surface area contributed by atoms with E-state index in [4.69, 9.17) is 14.6 Å². The van der Waals surface area contributed by atoms with Crippen LogP contribution in [0.1, 0.15) is 68.9 Å². The summed E-state index contributed by atoms with van der Waals surface area (Å²) in [6.45, 7) is 2.09. The van der Waals surface area contributed by atoms with E-state index in [0.717, 1.165) is 31.2 Å². The molecule has 1 aromatic carbocycles. The van der Waals surface area contributed by atoms with Crippen LogP contribution < -0.4 is 9.47 Å². The number of aromatic hydroxyl groups is 2. The molecule has 0 heterocycles. The third-order valence-corrected chi connectivity index (χ3v) is 4.72. The van der Waals surface area contributed by atoms with Gasteiger partial charge in [-0.05, 0) is 26.2 Å². The van der Waals surface area contributed by atoms with Crippen LogP contribution in [0.5, 0.6) is 23.0 Å². The van der Waals surface area contributed by atoms with E-state index in [1.54, 1.807) is 6.92 Å². The largest absolute Gasteiger partial charge is 0.504 e. The Labute approximate surface area is 151 Å². The lowest BCUT2D eigenvalue weighted by molar-refractivity contribution is 0.282. The standard InChI is InChI=1S/C20H34O5/c1-15-16(18(23)20(25-3)19(24-2)17(15)22)13-11-9-7-5-4-6-8-10-12-14-21/h21-23H,4-14H2,1-3H3. The fourth-order valence-corrected chi connectivity index (χ4v) is 3.18. The Morgan fingerprint density at radius 3 is 1.60 bits per heavy atom. The normalized spacial score (nSPS) is 10.9. The SMILES string of the molecule is COc1c(O)c(C)c(CCCCCCCCCCCO)c(O)c1OC. The summed E-state index contributed by atoms with van der Waals surface area (Å²) < 4.78 is 10.3. The molecule has 0 aliphatic heterocycles. The van der Waals surface area contributed by atoms with Crippen LogP contribution in [0, 0.1) is 6.92 Å². The lowest BCUT2D eigenvalue weighted by atomic mass is 9.98. The summed E-state index contributed by atoms with van der Waals surface area (Å²) in [5.74, 6) is 0.486. The first-order valence-electron chi connectivity index (χ1n) is 9.34. The van der Waals surface area contributed by atoms with Gasteiger partial charge in [0.2, 0.25) is 11.5 Å². The van der Waals surface area contributed by atoms with Crippen LogP contribution in [0.15, 0.2) is 0 Å². The highest BCUT2D eigenvalue weighted by Crippen LogP contribution is 2.48. The van der Waals surface area contributed by atoms with Crippen LogP contribution in [-0.2, 0) is 6.42 Å². The van der Waals surface area contributed by atoms with E-state index in [1.807, 2.05) is 0 Å². The molecule has 1 rings (SSSR count). The second-order valence-electron chi connectivity index (χ2n) is 6.52. The van der Waals surface area contributed by atoms with Crippen LogP contribution in [0.3, 0.4) is 0 Å². The highest BCUT2D eigenvalue weighted by Gasteiger charge is 2.22. The number of aliphatic hydroxyl groups excluding tert-OH is 1. The van der Waals surface area contributed by atoms with Gasteiger partial charge in [0.05, 0.1) is 14.2 Å². The van der Waals surface area contributed by atoms with Crippen LogP contribution >= 0.6 is 0 Å². The van der Waals surface area contributed by atoms with Gasteiger partial charge in [-0.3, -0.25) is 0 Å².